The summed E-state index contributed by atoms with van der Waals surface area (Å²) in [4.78, 5) is 11.8. The summed E-state index contributed by atoms with van der Waals surface area (Å²) in [7, 11) is 0. The van der Waals surface area contributed by atoms with Crippen LogP contribution in [0.5, 0.6) is 0 Å². The van der Waals surface area contributed by atoms with Crippen molar-refractivity contribution in [2.24, 2.45) is 11.3 Å². The predicted molar refractivity (Wildman–Crippen MR) is 71.2 cm³/mol. The summed E-state index contributed by atoms with van der Waals surface area (Å²) in [5, 5.41) is 8.84. The standard InChI is InChI=1S/C11H21IN2O2/c1-8-7-14(12)10(2,3)5-6-11(8,4)9(15)13-16/h8,16H,5-7H2,1-4H3,(H,13,15). The fraction of sp³-hybridized carbons (Fsp3) is 0.909. The molecule has 1 fully saturated rings. The second-order valence-corrected chi connectivity index (χ2v) is 6.78. The lowest BCUT2D eigenvalue weighted by molar-refractivity contribution is -0.142. The Hall–Kier alpha value is 0.120. The fourth-order valence-electron chi connectivity index (χ4n) is 2.09. The van der Waals surface area contributed by atoms with Gasteiger partial charge in [0.25, 0.3) is 0 Å². The molecule has 0 radical (unpaired) electrons. The number of hydrogen-bond donors (Lipinski definition) is 2. The average molecular weight is 340 g/mol. The van der Waals surface area contributed by atoms with Crippen molar-refractivity contribution in [2.75, 3.05) is 6.54 Å². The van der Waals surface area contributed by atoms with Crippen LogP contribution in [0.4, 0.5) is 0 Å². The third-order valence-electron chi connectivity index (χ3n) is 4.06. The van der Waals surface area contributed by atoms with Crippen LogP contribution in [0, 0.1) is 11.3 Å². The molecule has 2 atom stereocenters. The molecule has 0 aliphatic carbocycles. The molecule has 0 aromatic heterocycles. The van der Waals surface area contributed by atoms with Crippen LogP contribution >= 0.6 is 22.9 Å². The van der Waals surface area contributed by atoms with Gasteiger partial charge in [-0.2, -0.15) is 0 Å². The zero-order valence-electron chi connectivity index (χ0n) is 10.4. The van der Waals surface area contributed by atoms with E-state index in [1.165, 1.54) is 0 Å². The maximum atomic E-state index is 11.8. The number of nitrogens with zero attached hydrogens (tertiary/aromatic N) is 1. The summed E-state index contributed by atoms with van der Waals surface area (Å²) < 4.78 is 2.27. The van der Waals surface area contributed by atoms with Gasteiger partial charge in [0.05, 0.1) is 5.41 Å². The SMILES string of the molecule is CC1CN(I)C(C)(C)CCC1(C)C(=O)NO. The number of hydroxylamine groups is 1. The van der Waals surface area contributed by atoms with E-state index in [1.54, 1.807) is 0 Å². The number of hydrogen-bond acceptors (Lipinski definition) is 3. The summed E-state index contributed by atoms with van der Waals surface area (Å²) in [5.74, 6) is -0.0409. The van der Waals surface area contributed by atoms with Crippen molar-refractivity contribution in [1.29, 1.82) is 0 Å². The molecule has 2 unspecified atom stereocenters. The first-order valence-electron chi connectivity index (χ1n) is 5.62. The molecule has 0 spiro atoms. The topological polar surface area (TPSA) is 52.6 Å². The lowest BCUT2D eigenvalue weighted by Crippen LogP contribution is -2.43. The van der Waals surface area contributed by atoms with E-state index in [0.717, 1.165) is 19.4 Å². The Morgan fingerprint density at radius 1 is 1.44 bits per heavy atom. The lowest BCUT2D eigenvalue weighted by Gasteiger charge is -2.32. The first-order chi connectivity index (χ1) is 7.24. The Labute approximate surface area is 111 Å². The molecular formula is C11H21IN2O2. The van der Waals surface area contributed by atoms with Crippen LogP contribution < -0.4 is 5.48 Å². The van der Waals surface area contributed by atoms with Crippen molar-refractivity contribution in [3.8, 4) is 0 Å². The Morgan fingerprint density at radius 3 is 2.50 bits per heavy atom. The quantitative estimate of drug-likeness (QED) is 0.334. The number of nitrogens with one attached hydrogen (secondary N) is 1. The smallest absolute Gasteiger partial charge is 0.249 e. The van der Waals surface area contributed by atoms with Crippen LogP contribution in [0.15, 0.2) is 0 Å². The molecule has 0 bridgehead atoms. The minimum atomic E-state index is -0.480. The molecular weight excluding hydrogens is 319 g/mol. The summed E-state index contributed by atoms with van der Waals surface area (Å²) in [5.41, 5.74) is 1.43. The number of carbonyl (C=O) groups is 1. The molecule has 94 valence electrons. The van der Waals surface area contributed by atoms with Crippen LogP contribution in [-0.4, -0.2) is 26.3 Å². The van der Waals surface area contributed by atoms with Crippen LogP contribution in [-0.2, 0) is 4.79 Å². The Kier molecular flexibility index (Phi) is 4.23. The largest absolute Gasteiger partial charge is 0.289 e. The fourth-order valence-corrected chi connectivity index (χ4v) is 2.92. The minimum Gasteiger partial charge on any atom is -0.289 e. The first-order valence-corrected chi connectivity index (χ1v) is 6.58. The van der Waals surface area contributed by atoms with E-state index in [9.17, 15) is 4.79 Å². The van der Waals surface area contributed by atoms with Crippen molar-refractivity contribution in [1.82, 2.24) is 8.59 Å². The van der Waals surface area contributed by atoms with Crippen LogP contribution in [0.3, 0.4) is 0 Å². The molecule has 0 aromatic carbocycles. The van der Waals surface area contributed by atoms with Crippen molar-refractivity contribution >= 4 is 28.8 Å². The number of carbonyl (C=O) groups excluding carboxylic acids is 1. The number of halogens is 1. The zero-order valence-corrected chi connectivity index (χ0v) is 12.5. The Morgan fingerprint density at radius 2 is 2.00 bits per heavy atom. The van der Waals surface area contributed by atoms with Gasteiger partial charge in [-0.1, -0.05) is 13.8 Å². The van der Waals surface area contributed by atoms with Gasteiger partial charge in [-0.15, -0.1) is 0 Å². The molecule has 1 heterocycles. The molecule has 1 rings (SSSR count). The van der Waals surface area contributed by atoms with Crippen LogP contribution in [0.2, 0.25) is 0 Å². The zero-order chi connectivity index (χ0) is 12.6. The van der Waals surface area contributed by atoms with E-state index < -0.39 is 5.41 Å². The second-order valence-electron chi connectivity index (χ2n) is 5.62. The molecule has 1 aliphatic rings. The average Bonchev–Trinajstić information content (AvgIpc) is 2.30. The third-order valence-corrected chi connectivity index (χ3v) is 5.75. The van der Waals surface area contributed by atoms with Crippen molar-refractivity contribution in [2.45, 2.75) is 46.1 Å². The molecule has 1 amide bonds. The molecule has 5 heteroatoms. The van der Waals surface area contributed by atoms with Gasteiger partial charge in [-0.05, 0) is 32.6 Å². The van der Waals surface area contributed by atoms with Gasteiger partial charge >= 0.3 is 0 Å². The van der Waals surface area contributed by atoms with E-state index in [4.69, 9.17) is 5.21 Å². The maximum absolute atomic E-state index is 11.8. The van der Waals surface area contributed by atoms with Crippen molar-refractivity contribution in [3.05, 3.63) is 0 Å². The van der Waals surface area contributed by atoms with Gasteiger partial charge in [0.2, 0.25) is 5.91 Å². The van der Waals surface area contributed by atoms with Gasteiger partial charge in [-0.3, -0.25) is 10.0 Å². The molecule has 16 heavy (non-hydrogen) atoms. The minimum absolute atomic E-state index is 0.0995. The Balaban J connectivity index is 2.95. The second kappa shape index (κ2) is 4.78. The Bertz CT molecular complexity index is 283. The van der Waals surface area contributed by atoms with E-state index in [2.05, 4.69) is 46.7 Å². The highest BCUT2D eigenvalue weighted by Crippen LogP contribution is 2.42. The molecule has 4 nitrogen and oxygen atoms in total. The van der Waals surface area contributed by atoms with E-state index >= 15 is 0 Å². The maximum Gasteiger partial charge on any atom is 0.249 e. The van der Waals surface area contributed by atoms with E-state index in [0.29, 0.717) is 0 Å². The lowest BCUT2D eigenvalue weighted by atomic mass is 9.74. The predicted octanol–water partition coefficient (Wildman–Crippen LogP) is 2.36. The molecule has 1 aliphatic heterocycles. The number of rotatable bonds is 1. The summed E-state index contributed by atoms with van der Waals surface area (Å²) in [6.07, 6.45) is 1.75. The molecule has 0 aromatic rings. The highest BCUT2D eigenvalue weighted by molar-refractivity contribution is 14.1. The van der Waals surface area contributed by atoms with Crippen molar-refractivity contribution in [3.63, 3.8) is 0 Å². The summed E-state index contributed by atoms with van der Waals surface area (Å²) in [6, 6.07) is 0. The molecule has 0 saturated carbocycles. The first kappa shape index (κ1) is 14.2. The normalized spacial score (nSPS) is 35.5. The van der Waals surface area contributed by atoms with E-state index in [-0.39, 0.29) is 17.4 Å². The number of amides is 1. The highest BCUT2D eigenvalue weighted by atomic mass is 127. The van der Waals surface area contributed by atoms with Crippen molar-refractivity contribution < 1.29 is 10.0 Å². The van der Waals surface area contributed by atoms with E-state index in [1.807, 2.05) is 12.4 Å². The highest BCUT2D eigenvalue weighted by Gasteiger charge is 2.44. The molecule has 1 saturated heterocycles. The summed E-state index contributed by atoms with van der Waals surface area (Å²) >= 11 is 2.33. The third kappa shape index (κ3) is 2.51. The van der Waals surface area contributed by atoms with Gasteiger partial charge in [-0.25, -0.2) is 8.59 Å². The monoisotopic (exact) mass is 340 g/mol. The summed E-state index contributed by atoms with van der Waals surface area (Å²) in [6.45, 7) is 9.25. The molecule has 2 N–H and O–H groups in total. The van der Waals surface area contributed by atoms with Gasteiger partial charge in [0, 0.05) is 34.9 Å². The van der Waals surface area contributed by atoms with Gasteiger partial charge in [0.1, 0.15) is 0 Å². The van der Waals surface area contributed by atoms with Crippen LogP contribution in [0.1, 0.15) is 40.5 Å². The van der Waals surface area contributed by atoms with Crippen LogP contribution in [0.25, 0.3) is 0 Å². The van der Waals surface area contributed by atoms with Gasteiger partial charge < -0.3 is 0 Å². The van der Waals surface area contributed by atoms with Gasteiger partial charge in [0.15, 0.2) is 0 Å².